The Morgan fingerprint density at radius 1 is 1.05 bits per heavy atom. The summed E-state index contributed by atoms with van der Waals surface area (Å²) in [5, 5.41) is 8.93. The maximum Gasteiger partial charge on any atom is 0.341 e. The first kappa shape index (κ1) is 31.1. The first-order valence-corrected chi connectivity index (χ1v) is 14.3. The summed E-state index contributed by atoms with van der Waals surface area (Å²) in [6, 6.07) is 9.31. The van der Waals surface area contributed by atoms with Gasteiger partial charge in [-0.2, -0.15) is 0 Å². The van der Waals surface area contributed by atoms with Crippen molar-refractivity contribution < 1.29 is 38.4 Å². The number of ether oxygens (including phenoxy) is 5. The number of carboxylic acid groups (broad SMARTS) is 1. The number of rotatable bonds is 13. The summed E-state index contributed by atoms with van der Waals surface area (Å²) in [6.07, 6.45) is 3.30. The highest BCUT2D eigenvalue weighted by molar-refractivity contribution is 7.07. The minimum absolute atomic E-state index is 0.152. The van der Waals surface area contributed by atoms with Crippen molar-refractivity contribution in [2.24, 2.45) is 4.99 Å². The Labute approximate surface area is 251 Å². The lowest BCUT2D eigenvalue weighted by Crippen LogP contribution is -2.40. The van der Waals surface area contributed by atoms with E-state index in [1.807, 2.05) is 6.92 Å². The van der Waals surface area contributed by atoms with Crippen molar-refractivity contribution in [3.63, 3.8) is 0 Å². The van der Waals surface area contributed by atoms with E-state index < -0.39 is 24.6 Å². The van der Waals surface area contributed by atoms with Gasteiger partial charge < -0.3 is 28.8 Å². The second-order valence-corrected chi connectivity index (χ2v) is 10.1. The number of fused-ring (bicyclic) bond motifs is 1. The maximum atomic E-state index is 14.0. The van der Waals surface area contributed by atoms with Gasteiger partial charge in [-0.1, -0.05) is 36.1 Å². The normalized spacial score (nSPS) is 14.4. The minimum atomic E-state index is -1.12. The minimum Gasteiger partial charge on any atom is -0.493 e. The zero-order valence-electron chi connectivity index (χ0n) is 24.2. The molecule has 2 heterocycles. The highest BCUT2D eigenvalue weighted by Crippen LogP contribution is 2.36. The fraction of sp³-hybridized carbons (Fsp3) is 0.290. The van der Waals surface area contributed by atoms with Gasteiger partial charge in [0, 0.05) is 0 Å². The molecule has 0 saturated heterocycles. The Balaban J connectivity index is 1.87. The van der Waals surface area contributed by atoms with Gasteiger partial charge in [-0.3, -0.25) is 9.36 Å². The van der Waals surface area contributed by atoms with E-state index in [1.165, 1.54) is 23.0 Å². The molecule has 0 aliphatic carbocycles. The molecule has 1 N–H and O–H groups in total. The van der Waals surface area contributed by atoms with Crippen LogP contribution in [0.3, 0.4) is 0 Å². The predicted molar refractivity (Wildman–Crippen MR) is 160 cm³/mol. The van der Waals surface area contributed by atoms with Gasteiger partial charge in [0.05, 0.1) is 42.2 Å². The molecule has 0 amide bonds. The number of carboxylic acids is 1. The molecule has 2 aromatic carbocycles. The van der Waals surface area contributed by atoms with Crippen molar-refractivity contribution in [2.45, 2.75) is 26.8 Å². The second kappa shape index (κ2) is 13.9. The lowest BCUT2D eigenvalue weighted by Gasteiger charge is -2.25. The predicted octanol–water partition coefficient (Wildman–Crippen LogP) is 3.23. The summed E-state index contributed by atoms with van der Waals surface area (Å²) in [5.74, 6) is -0.173. The molecule has 1 aromatic heterocycles. The number of allylic oxidation sites excluding steroid dienone is 1. The molecule has 0 radical (unpaired) electrons. The number of carbonyl (C=O) groups is 2. The average Bonchev–Trinajstić information content (AvgIpc) is 3.28. The van der Waals surface area contributed by atoms with Gasteiger partial charge in [-0.05, 0) is 62.2 Å². The summed E-state index contributed by atoms with van der Waals surface area (Å²) in [6.45, 7) is 9.23. The third-order valence-corrected chi connectivity index (χ3v) is 7.28. The number of carbonyl (C=O) groups excluding carboxylic acids is 1. The van der Waals surface area contributed by atoms with Crippen molar-refractivity contribution in [3.8, 4) is 23.0 Å². The van der Waals surface area contributed by atoms with Gasteiger partial charge in [0.1, 0.15) is 6.61 Å². The molecule has 12 heteroatoms. The number of nitrogens with zero attached hydrogens (tertiary/aromatic N) is 2. The summed E-state index contributed by atoms with van der Waals surface area (Å²) < 4.78 is 29.5. The molecule has 0 saturated carbocycles. The highest BCUT2D eigenvalue weighted by Gasteiger charge is 2.34. The number of hydrogen-bond donors (Lipinski definition) is 1. The molecule has 1 atom stereocenters. The smallest absolute Gasteiger partial charge is 0.341 e. The number of hydrogen-bond acceptors (Lipinski definition) is 10. The Bertz CT molecular complexity index is 1750. The average molecular weight is 609 g/mol. The van der Waals surface area contributed by atoms with Gasteiger partial charge in [0.25, 0.3) is 5.56 Å². The topological polar surface area (TPSA) is 135 Å². The van der Waals surface area contributed by atoms with Crippen LogP contribution in [-0.4, -0.2) is 55.1 Å². The molecule has 3 aromatic rings. The molecule has 0 unspecified atom stereocenters. The standard InChI is InChI=1S/C31H32N2O9S/c1-6-13-41-22-12-10-20(16-24(22)39-7-2)28-27(30(37)40-8-3)18(4)32-31-33(28)29(36)25(43-31)15-19-9-11-21(23(14-19)38-5)42-17-26(34)35/h6,9-12,14-16,28H,1,7-8,13,17H2,2-5H3,(H,34,35)/b25-15+/t28-/m1/s1. The molecule has 0 fully saturated rings. The van der Waals surface area contributed by atoms with Crippen LogP contribution in [0.2, 0.25) is 0 Å². The van der Waals surface area contributed by atoms with E-state index in [2.05, 4.69) is 11.6 Å². The van der Waals surface area contributed by atoms with E-state index in [0.717, 1.165) is 0 Å². The fourth-order valence-electron chi connectivity index (χ4n) is 4.52. The number of aliphatic carboxylic acids is 1. The number of thiazole rings is 1. The Morgan fingerprint density at radius 3 is 2.47 bits per heavy atom. The van der Waals surface area contributed by atoms with Crippen LogP contribution in [0.4, 0.5) is 0 Å². The molecule has 4 rings (SSSR count). The van der Waals surface area contributed by atoms with Gasteiger partial charge in [0.15, 0.2) is 34.4 Å². The van der Waals surface area contributed by atoms with Gasteiger partial charge >= 0.3 is 11.9 Å². The molecule has 226 valence electrons. The van der Waals surface area contributed by atoms with Gasteiger partial charge in [-0.15, -0.1) is 0 Å². The number of methoxy groups -OCH3 is 1. The van der Waals surface area contributed by atoms with Crippen LogP contribution in [-0.2, 0) is 14.3 Å². The van der Waals surface area contributed by atoms with Crippen LogP contribution < -0.4 is 33.8 Å². The van der Waals surface area contributed by atoms with Crippen molar-refractivity contribution in [2.75, 3.05) is 33.5 Å². The lowest BCUT2D eigenvalue weighted by molar-refractivity contribution is -0.140. The Morgan fingerprint density at radius 2 is 1.79 bits per heavy atom. The van der Waals surface area contributed by atoms with Crippen LogP contribution in [0.5, 0.6) is 23.0 Å². The van der Waals surface area contributed by atoms with E-state index in [4.69, 9.17) is 28.8 Å². The molecule has 11 nitrogen and oxygen atoms in total. The van der Waals surface area contributed by atoms with Gasteiger partial charge in [-0.25, -0.2) is 14.6 Å². The zero-order chi connectivity index (χ0) is 31.1. The third kappa shape index (κ3) is 6.81. The first-order valence-electron chi connectivity index (χ1n) is 13.4. The number of aromatic nitrogens is 1. The van der Waals surface area contributed by atoms with Crippen molar-refractivity contribution >= 4 is 29.4 Å². The molecular weight excluding hydrogens is 576 g/mol. The monoisotopic (exact) mass is 608 g/mol. The van der Waals surface area contributed by atoms with Crippen molar-refractivity contribution in [1.82, 2.24) is 4.57 Å². The first-order chi connectivity index (χ1) is 20.7. The third-order valence-electron chi connectivity index (χ3n) is 6.29. The van der Waals surface area contributed by atoms with E-state index in [1.54, 1.807) is 62.4 Å². The van der Waals surface area contributed by atoms with Gasteiger partial charge in [0.2, 0.25) is 0 Å². The number of esters is 1. The van der Waals surface area contributed by atoms with Crippen LogP contribution in [0, 0.1) is 0 Å². The van der Waals surface area contributed by atoms with Crippen LogP contribution in [0.1, 0.15) is 37.9 Å². The summed E-state index contributed by atoms with van der Waals surface area (Å²) in [4.78, 5) is 43.1. The molecule has 43 heavy (non-hydrogen) atoms. The SMILES string of the molecule is C=CCOc1ccc([C@@H]2C(C(=O)OCC)=C(C)N=c3s/c(=C/c4ccc(OCC(=O)O)c(OC)c4)c(=O)n32)cc1OCC. The van der Waals surface area contributed by atoms with E-state index in [0.29, 0.717) is 50.0 Å². The fourth-order valence-corrected chi connectivity index (χ4v) is 5.57. The van der Waals surface area contributed by atoms with Crippen molar-refractivity contribution in [1.29, 1.82) is 0 Å². The Kier molecular flexibility index (Phi) is 10.0. The zero-order valence-corrected chi connectivity index (χ0v) is 25.1. The molecule has 0 bridgehead atoms. The van der Waals surface area contributed by atoms with E-state index >= 15 is 0 Å². The largest absolute Gasteiger partial charge is 0.493 e. The number of benzene rings is 2. The summed E-state index contributed by atoms with van der Waals surface area (Å²) in [5.41, 5.74) is 1.54. The van der Waals surface area contributed by atoms with Crippen molar-refractivity contribution in [3.05, 3.63) is 91.1 Å². The van der Waals surface area contributed by atoms with Crippen LogP contribution >= 0.6 is 11.3 Å². The summed E-state index contributed by atoms with van der Waals surface area (Å²) in [7, 11) is 1.44. The highest BCUT2D eigenvalue weighted by atomic mass is 32.1. The Hall–Kier alpha value is -4.84. The summed E-state index contributed by atoms with van der Waals surface area (Å²) >= 11 is 1.17. The maximum absolute atomic E-state index is 14.0. The van der Waals surface area contributed by atoms with Crippen LogP contribution in [0.15, 0.2) is 70.1 Å². The molecule has 0 spiro atoms. The molecule has 1 aliphatic rings. The van der Waals surface area contributed by atoms with E-state index in [9.17, 15) is 14.4 Å². The second-order valence-electron chi connectivity index (χ2n) is 9.13. The lowest BCUT2D eigenvalue weighted by atomic mass is 9.95. The molecular formula is C31H32N2O9S. The van der Waals surface area contributed by atoms with Crippen LogP contribution in [0.25, 0.3) is 6.08 Å². The quantitative estimate of drug-likeness (QED) is 0.229. The van der Waals surface area contributed by atoms with E-state index in [-0.39, 0.29) is 30.1 Å². The molecule has 1 aliphatic heterocycles.